The van der Waals surface area contributed by atoms with Crippen molar-refractivity contribution in [3.63, 3.8) is 0 Å². The quantitative estimate of drug-likeness (QED) is 0.733. The summed E-state index contributed by atoms with van der Waals surface area (Å²) in [7, 11) is 0. The average molecular weight is 218 g/mol. The van der Waals surface area contributed by atoms with Gasteiger partial charge in [0.2, 0.25) is 0 Å². The molecule has 0 atom stereocenters. The summed E-state index contributed by atoms with van der Waals surface area (Å²) in [6.07, 6.45) is 0. The lowest BCUT2D eigenvalue weighted by atomic mass is 10.1. The van der Waals surface area contributed by atoms with Gasteiger partial charge in [-0.3, -0.25) is 0 Å². The summed E-state index contributed by atoms with van der Waals surface area (Å²) < 4.78 is 1.09. The van der Waals surface area contributed by atoms with Crippen LogP contribution in [0.15, 0.2) is 18.2 Å². The first-order chi connectivity index (χ1) is 7.24. The van der Waals surface area contributed by atoms with E-state index in [0.717, 1.165) is 15.6 Å². The summed E-state index contributed by atoms with van der Waals surface area (Å²) in [5, 5.41) is 10.5. The summed E-state index contributed by atoms with van der Waals surface area (Å²) in [6.45, 7) is 6.00. The van der Waals surface area contributed by atoms with Crippen molar-refractivity contribution < 1.29 is 0 Å². The number of nitrogens with two attached hydrogens (primary N) is 1. The van der Waals surface area contributed by atoms with Gasteiger partial charge in [0.1, 0.15) is 11.1 Å². The number of fused-ring (bicyclic) bond motifs is 1. The van der Waals surface area contributed by atoms with Gasteiger partial charge in [-0.2, -0.15) is 5.26 Å². The second kappa shape index (κ2) is 4.81. The number of benzene rings is 1. The molecule has 2 N–H and O–H groups in total. The molecule has 0 aliphatic rings. The van der Waals surface area contributed by atoms with E-state index in [1.54, 1.807) is 0 Å². The Kier molecular flexibility index (Phi) is 3.70. The molecule has 0 aliphatic carbocycles. The van der Waals surface area contributed by atoms with Gasteiger partial charge in [-0.25, -0.2) is 0 Å². The standard InChI is InChI=1S/C10H8N2S.C2H6/c1-6-3-2-4-8-9(6)7(5-11)10(12)13-8;1-2/h2-4H,12H2,1H3;1-2H3. The Bertz CT molecular complexity index is 506. The van der Waals surface area contributed by atoms with Gasteiger partial charge in [0.25, 0.3) is 0 Å². The van der Waals surface area contributed by atoms with E-state index in [1.807, 2.05) is 39.0 Å². The van der Waals surface area contributed by atoms with E-state index < -0.39 is 0 Å². The largest absolute Gasteiger partial charge is 0.389 e. The van der Waals surface area contributed by atoms with Crippen molar-refractivity contribution in [1.29, 1.82) is 5.26 Å². The molecule has 0 radical (unpaired) electrons. The fourth-order valence-electron chi connectivity index (χ4n) is 1.45. The number of nitrogens with zero attached hydrogens (tertiary/aromatic N) is 1. The molecule has 2 aromatic rings. The monoisotopic (exact) mass is 218 g/mol. The molecule has 0 fully saturated rings. The number of aryl methyl sites for hydroxylation is 1. The van der Waals surface area contributed by atoms with Gasteiger partial charge in [-0.15, -0.1) is 11.3 Å². The molecule has 1 aromatic carbocycles. The van der Waals surface area contributed by atoms with Crippen LogP contribution in [0.25, 0.3) is 10.1 Å². The molecular formula is C12H14N2S. The van der Waals surface area contributed by atoms with Crippen molar-refractivity contribution in [3.8, 4) is 6.07 Å². The van der Waals surface area contributed by atoms with Crippen LogP contribution in [0.2, 0.25) is 0 Å². The molecule has 2 nitrogen and oxygen atoms in total. The fraction of sp³-hybridized carbons (Fsp3) is 0.250. The maximum Gasteiger partial charge on any atom is 0.105 e. The molecule has 0 bridgehead atoms. The summed E-state index contributed by atoms with van der Waals surface area (Å²) in [5.41, 5.74) is 7.46. The second-order valence-corrected chi connectivity index (χ2v) is 3.98. The fourth-order valence-corrected chi connectivity index (χ4v) is 2.45. The summed E-state index contributed by atoms with van der Waals surface area (Å²) >= 11 is 1.47. The zero-order chi connectivity index (χ0) is 11.4. The van der Waals surface area contributed by atoms with Crippen LogP contribution < -0.4 is 5.73 Å². The number of hydrogen-bond donors (Lipinski definition) is 1. The second-order valence-electron chi connectivity index (χ2n) is 2.90. The minimum absolute atomic E-state index is 0.617. The van der Waals surface area contributed by atoms with Crippen LogP contribution in [-0.4, -0.2) is 0 Å². The minimum Gasteiger partial charge on any atom is -0.389 e. The van der Waals surface area contributed by atoms with E-state index in [-0.39, 0.29) is 0 Å². The molecule has 0 saturated heterocycles. The van der Waals surface area contributed by atoms with Gasteiger partial charge in [0.15, 0.2) is 0 Å². The van der Waals surface area contributed by atoms with E-state index in [1.165, 1.54) is 11.3 Å². The highest BCUT2D eigenvalue weighted by Gasteiger charge is 2.10. The minimum atomic E-state index is 0.617. The summed E-state index contributed by atoms with van der Waals surface area (Å²) in [4.78, 5) is 0. The van der Waals surface area contributed by atoms with Crippen LogP contribution in [0.1, 0.15) is 25.0 Å². The number of hydrogen-bond acceptors (Lipinski definition) is 3. The smallest absolute Gasteiger partial charge is 0.105 e. The molecule has 1 aromatic heterocycles. The lowest BCUT2D eigenvalue weighted by Gasteiger charge is -1.94. The third kappa shape index (κ3) is 1.95. The number of anilines is 1. The molecule has 0 unspecified atom stereocenters. The van der Waals surface area contributed by atoms with Crippen molar-refractivity contribution in [2.45, 2.75) is 20.8 Å². The number of nitrogen functional groups attached to an aromatic ring is 1. The van der Waals surface area contributed by atoms with Crippen LogP contribution in [0.3, 0.4) is 0 Å². The third-order valence-electron chi connectivity index (χ3n) is 2.06. The highest BCUT2D eigenvalue weighted by molar-refractivity contribution is 7.23. The molecule has 2 rings (SSSR count). The van der Waals surface area contributed by atoms with Crippen LogP contribution in [0.4, 0.5) is 5.00 Å². The molecule has 0 aliphatic heterocycles. The van der Waals surface area contributed by atoms with E-state index in [2.05, 4.69) is 6.07 Å². The molecular weight excluding hydrogens is 204 g/mol. The molecule has 0 saturated carbocycles. The highest BCUT2D eigenvalue weighted by atomic mass is 32.1. The van der Waals surface area contributed by atoms with Crippen molar-refractivity contribution in [2.75, 3.05) is 5.73 Å². The Morgan fingerprint density at radius 1 is 1.33 bits per heavy atom. The maximum absolute atomic E-state index is 8.91. The summed E-state index contributed by atoms with van der Waals surface area (Å²) in [6, 6.07) is 8.11. The van der Waals surface area contributed by atoms with Crippen LogP contribution in [-0.2, 0) is 0 Å². The first kappa shape index (κ1) is 11.5. The number of thiophene rings is 1. The van der Waals surface area contributed by atoms with Crippen molar-refractivity contribution in [2.24, 2.45) is 0 Å². The third-order valence-corrected chi connectivity index (χ3v) is 3.05. The predicted molar refractivity (Wildman–Crippen MR) is 67.0 cm³/mol. The van der Waals surface area contributed by atoms with E-state index >= 15 is 0 Å². The SMILES string of the molecule is CC.Cc1cccc2sc(N)c(C#N)c12. The van der Waals surface area contributed by atoms with Crippen LogP contribution in [0, 0.1) is 18.3 Å². The molecule has 3 heteroatoms. The van der Waals surface area contributed by atoms with Crippen LogP contribution >= 0.6 is 11.3 Å². The lowest BCUT2D eigenvalue weighted by molar-refractivity contribution is 1.49. The van der Waals surface area contributed by atoms with Gasteiger partial charge >= 0.3 is 0 Å². The Hall–Kier alpha value is -1.53. The van der Waals surface area contributed by atoms with E-state index in [4.69, 9.17) is 11.0 Å². The topological polar surface area (TPSA) is 49.8 Å². The van der Waals surface area contributed by atoms with Crippen LogP contribution in [0.5, 0.6) is 0 Å². The molecule has 0 spiro atoms. The Morgan fingerprint density at radius 3 is 2.60 bits per heavy atom. The van der Waals surface area contributed by atoms with Gasteiger partial charge in [-0.05, 0) is 18.6 Å². The highest BCUT2D eigenvalue weighted by Crippen LogP contribution is 2.34. The predicted octanol–water partition coefficient (Wildman–Crippen LogP) is 3.69. The van der Waals surface area contributed by atoms with E-state index in [0.29, 0.717) is 10.6 Å². The van der Waals surface area contributed by atoms with Gasteiger partial charge in [-0.1, -0.05) is 26.0 Å². The number of rotatable bonds is 0. The molecule has 1 heterocycles. The first-order valence-corrected chi connectivity index (χ1v) is 5.73. The van der Waals surface area contributed by atoms with Crippen molar-refractivity contribution >= 4 is 26.4 Å². The van der Waals surface area contributed by atoms with Gasteiger partial charge < -0.3 is 5.73 Å². The van der Waals surface area contributed by atoms with Crippen molar-refractivity contribution in [1.82, 2.24) is 0 Å². The van der Waals surface area contributed by atoms with Crippen molar-refractivity contribution in [3.05, 3.63) is 29.3 Å². The zero-order valence-corrected chi connectivity index (χ0v) is 9.98. The molecule has 78 valence electrons. The average Bonchev–Trinajstić information content (AvgIpc) is 2.58. The number of nitriles is 1. The molecule has 0 amide bonds. The molecule has 15 heavy (non-hydrogen) atoms. The van der Waals surface area contributed by atoms with Gasteiger partial charge in [0, 0.05) is 10.1 Å². The van der Waals surface area contributed by atoms with E-state index in [9.17, 15) is 0 Å². The Labute approximate surface area is 94.0 Å². The lowest BCUT2D eigenvalue weighted by Crippen LogP contribution is -1.83. The Balaban J connectivity index is 0.000000531. The van der Waals surface area contributed by atoms with Gasteiger partial charge in [0.05, 0.1) is 5.56 Å². The zero-order valence-electron chi connectivity index (χ0n) is 9.16. The first-order valence-electron chi connectivity index (χ1n) is 4.91. The summed E-state index contributed by atoms with van der Waals surface area (Å²) in [5.74, 6) is 0. The Morgan fingerprint density at radius 2 is 2.00 bits per heavy atom. The normalized spacial score (nSPS) is 9.20. The maximum atomic E-state index is 8.91.